The Kier molecular flexibility index (Phi) is 14.5. The molecule has 29 heavy (non-hydrogen) atoms. The minimum atomic E-state index is -4.36. The zero-order chi connectivity index (χ0) is 21.4. The van der Waals surface area contributed by atoms with Crippen LogP contribution in [0.4, 0.5) is 10.1 Å². The molecule has 168 valence electrons. The van der Waals surface area contributed by atoms with E-state index < -0.39 is 16.1 Å². The Hall–Kier alpha value is -0.790. The van der Waals surface area contributed by atoms with Gasteiger partial charge in [0.25, 0.3) is 0 Å². The number of thioether (sulfide) groups is 1. The van der Waals surface area contributed by atoms with Crippen molar-refractivity contribution in [2.45, 2.75) is 102 Å². The predicted molar refractivity (Wildman–Crippen MR) is 123 cm³/mol. The number of anilines is 1. The number of halogens is 1. The zero-order valence-electron chi connectivity index (χ0n) is 17.8. The Bertz CT molecular complexity index is 653. The van der Waals surface area contributed by atoms with Crippen molar-refractivity contribution >= 4 is 27.8 Å². The van der Waals surface area contributed by atoms with Crippen molar-refractivity contribution in [2.24, 2.45) is 0 Å². The Labute approximate surface area is 181 Å². The van der Waals surface area contributed by atoms with Gasteiger partial charge in [0.2, 0.25) is 0 Å². The average Bonchev–Trinajstić information content (AvgIpc) is 2.66. The van der Waals surface area contributed by atoms with Gasteiger partial charge in [-0.2, -0.15) is 8.42 Å². The first-order chi connectivity index (χ1) is 13.9. The second-order valence-corrected chi connectivity index (χ2v) is 9.95. The summed E-state index contributed by atoms with van der Waals surface area (Å²) in [5.74, 6) is 0.371. The first kappa shape index (κ1) is 26.2. The molecule has 0 saturated carbocycles. The van der Waals surface area contributed by atoms with Gasteiger partial charge in [0.05, 0.1) is 5.69 Å². The molecule has 7 heteroatoms. The third kappa shape index (κ3) is 14.8. The number of unbranched alkanes of at least 4 members (excludes halogenated alkanes) is 13. The molecule has 0 spiro atoms. The quantitative estimate of drug-likeness (QED) is 0.138. The van der Waals surface area contributed by atoms with Crippen molar-refractivity contribution in [1.29, 1.82) is 0 Å². The van der Waals surface area contributed by atoms with Crippen molar-refractivity contribution in [1.82, 2.24) is 0 Å². The van der Waals surface area contributed by atoms with E-state index in [-0.39, 0.29) is 5.69 Å². The second-order valence-electron chi connectivity index (χ2n) is 7.66. The van der Waals surface area contributed by atoms with Gasteiger partial charge in [0.15, 0.2) is 0 Å². The van der Waals surface area contributed by atoms with E-state index in [1.807, 2.05) is 4.72 Å². The van der Waals surface area contributed by atoms with Crippen LogP contribution < -0.4 is 4.72 Å². The topological polar surface area (TPSA) is 66.4 Å². The van der Waals surface area contributed by atoms with Gasteiger partial charge in [0, 0.05) is 4.90 Å². The highest BCUT2D eigenvalue weighted by molar-refractivity contribution is 7.99. The van der Waals surface area contributed by atoms with Crippen molar-refractivity contribution in [2.75, 3.05) is 10.5 Å². The monoisotopic (exact) mass is 447 g/mol. The van der Waals surface area contributed by atoms with Crippen LogP contribution in [-0.2, 0) is 10.3 Å². The molecule has 1 aromatic carbocycles. The summed E-state index contributed by atoms with van der Waals surface area (Å²) in [6, 6.07) is 3.79. The molecule has 4 nitrogen and oxygen atoms in total. The fraction of sp³-hybridized carbons (Fsp3) is 0.727. The van der Waals surface area contributed by atoms with E-state index in [0.29, 0.717) is 4.90 Å². The average molecular weight is 448 g/mol. The molecule has 2 N–H and O–H groups in total. The molecule has 0 heterocycles. The van der Waals surface area contributed by atoms with Crippen molar-refractivity contribution in [3.05, 3.63) is 24.0 Å². The van der Waals surface area contributed by atoms with Crippen LogP contribution in [0.1, 0.15) is 96.8 Å². The van der Waals surface area contributed by atoms with Crippen molar-refractivity contribution in [3.63, 3.8) is 0 Å². The lowest BCUT2D eigenvalue weighted by molar-refractivity contribution is 0.489. The zero-order valence-corrected chi connectivity index (χ0v) is 19.4. The molecular weight excluding hydrogens is 409 g/mol. The Morgan fingerprint density at radius 2 is 1.34 bits per heavy atom. The molecule has 0 radical (unpaired) electrons. The van der Waals surface area contributed by atoms with Crippen LogP contribution >= 0.6 is 11.8 Å². The second kappa shape index (κ2) is 16.0. The van der Waals surface area contributed by atoms with Crippen LogP contribution in [-0.4, -0.2) is 18.7 Å². The summed E-state index contributed by atoms with van der Waals surface area (Å²) >= 11 is 1.41. The molecule has 0 aromatic heterocycles. The summed E-state index contributed by atoms with van der Waals surface area (Å²) in [7, 11) is -4.36. The molecule has 0 unspecified atom stereocenters. The van der Waals surface area contributed by atoms with Gasteiger partial charge in [-0.05, 0) is 30.4 Å². The van der Waals surface area contributed by atoms with Crippen LogP contribution in [0.2, 0.25) is 0 Å². The molecule has 0 amide bonds. The van der Waals surface area contributed by atoms with Gasteiger partial charge < -0.3 is 0 Å². The molecule has 0 atom stereocenters. The van der Waals surface area contributed by atoms with E-state index in [1.54, 1.807) is 0 Å². The summed E-state index contributed by atoms with van der Waals surface area (Å²) < 4.78 is 46.4. The number of nitrogens with one attached hydrogen (secondary N) is 1. The summed E-state index contributed by atoms with van der Waals surface area (Å²) in [4.78, 5) is 0.498. The third-order valence-electron chi connectivity index (χ3n) is 4.94. The summed E-state index contributed by atoms with van der Waals surface area (Å²) in [6.45, 7) is 2.25. The maximum atomic E-state index is 13.4. The van der Waals surface area contributed by atoms with Crippen molar-refractivity contribution in [3.8, 4) is 0 Å². The van der Waals surface area contributed by atoms with E-state index in [9.17, 15) is 12.8 Å². The Balaban J connectivity index is 2.03. The third-order valence-corrected chi connectivity index (χ3v) is 6.56. The maximum absolute atomic E-state index is 13.4. The van der Waals surface area contributed by atoms with Crippen molar-refractivity contribution < 1.29 is 17.4 Å². The van der Waals surface area contributed by atoms with Crippen LogP contribution in [0.3, 0.4) is 0 Å². The van der Waals surface area contributed by atoms with Gasteiger partial charge in [-0.3, -0.25) is 9.27 Å². The smallest absolute Gasteiger partial charge is 0.269 e. The Morgan fingerprint density at radius 3 is 1.83 bits per heavy atom. The van der Waals surface area contributed by atoms with E-state index in [0.717, 1.165) is 18.6 Å². The molecule has 0 aliphatic carbocycles. The highest BCUT2D eigenvalue weighted by Crippen LogP contribution is 2.29. The molecule has 1 rings (SSSR count). The van der Waals surface area contributed by atoms with E-state index >= 15 is 0 Å². The molecule has 0 saturated heterocycles. The molecule has 0 bridgehead atoms. The first-order valence-electron chi connectivity index (χ1n) is 11.1. The number of hydrogen-bond acceptors (Lipinski definition) is 3. The minimum absolute atomic E-state index is 0.212. The van der Waals surface area contributed by atoms with Gasteiger partial charge in [-0.15, -0.1) is 11.8 Å². The normalized spacial score (nSPS) is 11.7. The molecule has 0 aliphatic heterocycles. The standard InChI is InChI=1S/C22H38FNO3S2/c1-2-3-4-5-6-7-8-9-10-11-12-13-14-15-18-28-22-19-20(23)16-17-21(22)24-29(25,26)27/h16-17,19,24H,2-15,18H2,1H3,(H,25,26,27). The molecule has 0 fully saturated rings. The van der Waals surface area contributed by atoms with Gasteiger partial charge in [0.1, 0.15) is 5.82 Å². The summed E-state index contributed by atoms with van der Waals surface area (Å²) in [6.07, 6.45) is 18.2. The minimum Gasteiger partial charge on any atom is -0.269 e. The molecule has 1 aromatic rings. The van der Waals surface area contributed by atoms with E-state index in [1.165, 1.54) is 107 Å². The van der Waals surface area contributed by atoms with E-state index in [2.05, 4.69) is 6.92 Å². The maximum Gasteiger partial charge on any atom is 0.357 e. The highest BCUT2D eigenvalue weighted by Gasteiger charge is 2.10. The number of rotatable bonds is 18. The summed E-state index contributed by atoms with van der Waals surface area (Å²) in [5.41, 5.74) is 0.212. The number of benzene rings is 1. The fourth-order valence-corrected chi connectivity index (χ4v) is 4.88. The Morgan fingerprint density at radius 1 is 0.862 bits per heavy atom. The summed E-state index contributed by atoms with van der Waals surface area (Å²) in [5, 5.41) is 0. The molecular formula is C22H38FNO3S2. The number of hydrogen-bond donors (Lipinski definition) is 2. The van der Waals surface area contributed by atoms with Gasteiger partial charge in [-0.1, -0.05) is 90.4 Å². The van der Waals surface area contributed by atoms with Crippen LogP contribution in [0.5, 0.6) is 0 Å². The van der Waals surface area contributed by atoms with Crippen LogP contribution in [0, 0.1) is 5.82 Å². The lowest BCUT2D eigenvalue weighted by Gasteiger charge is -2.10. The van der Waals surface area contributed by atoms with Crippen LogP contribution in [0.25, 0.3) is 0 Å². The van der Waals surface area contributed by atoms with Gasteiger partial charge >= 0.3 is 10.3 Å². The van der Waals surface area contributed by atoms with E-state index in [4.69, 9.17) is 4.55 Å². The van der Waals surface area contributed by atoms with Crippen LogP contribution in [0.15, 0.2) is 23.1 Å². The largest absolute Gasteiger partial charge is 0.357 e. The lowest BCUT2D eigenvalue weighted by atomic mass is 10.0. The predicted octanol–water partition coefficient (Wildman–Crippen LogP) is 7.61. The highest BCUT2D eigenvalue weighted by atomic mass is 32.2. The SMILES string of the molecule is CCCCCCCCCCCCCCCCSc1cc(F)ccc1NS(=O)(=O)O. The van der Waals surface area contributed by atoms with Gasteiger partial charge in [-0.25, -0.2) is 4.39 Å². The fourth-order valence-electron chi connectivity index (χ4n) is 3.32. The lowest BCUT2D eigenvalue weighted by Crippen LogP contribution is -2.11. The first-order valence-corrected chi connectivity index (χ1v) is 13.5. The molecule has 0 aliphatic rings.